The van der Waals surface area contributed by atoms with Crippen molar-refractivity contribution in [3.8, 4) is 11.5 Å². The van der Waals surface area contributed by atoms with Crippen LogP contribution in [-0.4, -0.2) is 52.2 Å². The lowest BCUT2D eigenvalue weighted by Gasteiger charge is -2.23. The fourth-order valence-corrected chi connectivity index (χ4v) is 10.4. The first kappa shape index (κ1) is 45.2. The molecule has 6 aromatic rings. The molecule has 65 heavy (non-hydrogen) atoms. The molecule has 0 radical (unpaired) electrons. The number of nitrogens with one attached hydrogen (secondary N) is 4. The number of halogens is 4. The summed E-state index contributed by atoms with van der Waals surface area (Å²) in [6.45, 7) is 2.91. The Balaban J connectivity index is 0.892. The summed E-state index contributed by atoms with van der Waals surface area (Å²) in [5.74, 6) is -2.45. The number of amides is 2. The number of anilines is 4. The van der Waals surface area contributed by atoms with Gasteiger partial charge in [0.05, 0.1) is 51.7 Å². The van der Waals surface area contributed by atoms with E-state index in [9.17, 15) is 39.0 Å². The van der Waals surface area contributed by atoms with E-state index in [1.165, 1.54) is 24.3 Å². The highest BCUT2D eigenvalue weighted by Crippen LogP contribution is 2.43. The Kier molecular flexibility index (Phi) is 12.7. The molecule has 0 saturated heterocycles. The monoisotopic (exact) mass is 1130 g/mol. The number of rotatable bonds is 10. The van der Waals surface area contributed by atoms with Crippen molar-refractivity contribution in [1.29, 1.82) is 0 Å². The van der Waals surface area contributed by atoms with Crippen LogP contribution in [0.3, 0.4) is 0 Å². The minimum Gasteiger partial charge on any atom is -0.507 e. The number of carbonyl (C=O) groups is 6. The van der Waals surface area contributed by atoms with Gasteiger partial charge in [0.1, 0.15) is 23.7 Å². The first-order valence-corrected chi connectivity index (χ1v) is 22.7. The summed E-state index contributed by atoms with van der Waals surface area (Å²) in [5, 5.41) is 32.6. The van der Waals surface area contributed by atoms with Gasteiger partial charge in [0.25, 0.3) is 0 Å². The van der Waals surface area contributed by atoms with Crippen LogP contribution in [0.15, 0.2) is 115 Å². The molecule has 0 heterocycles. The van der Waals surface area contributed by atoms with Gasteiger partial charge >= 0.3 is 12.2 Å². The fraction of sp³-hybridized carbons (Fsp3) is 0.106. The fourth-order valence-electron chi connectivity index (χ4n) is 7.58. The predicted molar refractivity (Wildman–Crippen MR) is 254 cm³/mol. The Morgan fingerprint density at radius 3 is 1.18 bits per heavy atom. The van der Waals surface area contributed by atoms with Crippen molar-refractivity contribution in [2.45, 2.75) is 26.1 Å². The average molecular weight is 1130 g/mol. The third-order valence-corrected chi connectivity index (χ3v) is 13.4. The molecule has 8 rings (SSSR count). The number of fused-ring (bicyclic) bond motifs is 4. The number of carbonyl (C=O) groups excluding carboxylic acids is 6. The second kappa shape index (κ2) is 18.3. The van der Waals surface area contributed by atoms with Crippen molar-refractivity contribution in [1.82, 2.24) is 10.6 Å². The van der Waals surface area contributed by atoms with E-state index in [1.807, 2.05) is 0 Å². The van der Waals surface area contributed by atoms with Crippen molar-refractivity contribution in [2.75, 3.05) is 17.3 Å². The zero-order valence-electron chi connectivity index (χ0n) is 33.8. The van der Waals surface area contributed by atoms with Crippen LogP contribution in [-0.2, 0) is 9.47 Å². The van der Waals surface area contributed by atoms with Crippen LogP contribution in [0.25, 0.3) is 0 Å². The smallest absolute Gasteiger partial charge is 0.409 e. The predicted octanol–water partition coefficient (Wildman–Crippen LogP) is 11.4. The molecule has 2 atom stereocenters. The van der Waals surface area contributed by atoms with E-state index in [1.54, 1.807) is 86.6 Å². The van der Waals surface area contributed by atoms with Gasteiger partial charge in [-0.2, -0.15) is 0 Å². The van der Waals surface area contributed by atoms with Gasteiger partial charge < -0.3 is 41.0 Å². The Labute approximate surface area is 403 Å². The van der Waals surface area contributed by atoms with E-state index in [-0.39, 0.29) is 74.1 Å². The average Bonchev–Trinajstić information content (AvgIpc) is 3.27. The Morgan fingerprint density at radius 1 is 0.492 bits per heavy atom. The zero-order valence-corrected chi connectivity index (χ0v) is 40.1. The Morgan fingerprint density at radius 2 is 0.831 bits per heavy atom. The Bertz CT molecular complexity index is 2870. The van der Waals surface area contributed by atoms with E-state index in [0.717, 1.165) is 0 Å². The summed E-state index contributed by atoms with van der Waals surface area (Å²) in [6, 6.07) is 25.3. The first-order valence-electron chi connectivity index (χ1n) is 19.5. The van der Waals surface area contributed by atoms with E-state index < -0.39 is 47.5 Å². The van der Waals surface area contributed by atoms with Crippen LogP contribution < -0.4 is 21.3 Å². The maximum absolute atomic E-state index is 13.6. The third-order valence-electron chi connectivity index (χ3n) is 10.7. The molecule has 2 amide bonds. The molecule has 328 valence electrons. The maximum Gasteiger partial charge on any atom is 0.409 e. The highest BCUT2D eigenvalue weighted by Gasteiger charge is 2.36. The third kappa shape index (κ3) is 8.66. The number of ketones is 4. The molecule has 2 aliphatic carbocycles. The highest BCUT2D eigenvalue weighted by molar-refractivity contribution is 9.11. The lowest BCUT2D eigenvalue weighted by Crippen LogP contribution is -2.38. The van der Waals surface area contributed by atoms with E-state index in [2.05, 4.69) is 85.0 Å². The number of ether oxygens (including phenoxy) is 2. The maximum atomic E-state index is 13.6. The van der Waals surface area contributed by atoms with Crippen LogP contribution in [0.2, 0.25) is 0 Å². The molecule has 14 nitrogen and oxygen atoms in total. The summed E-state index contributed by atoms with van der Waals surface area (Å²) in [6.07, 6.45) is -3.41. The van der Waals surface area contributed by atoms with Gasteiger partial charge in [-0.15, -0.1) is 0 Å². The normalized spacial score (nSPS) is 13.4. The standard InChI is InChI=1S/C47H32Br4N4O10/c1-20(26-15-34(30(50)17-28(26)48)54-32-11-13-36(56)40-38(32)42(58)22-7-3-5-9-24(22)44(40)60)64-46(62)52-19-53-47(63)65-21(2)27-16-35(31(51)18-29(27)49)55-33-12-14-37(57)41-39(33)43(59)23-8-4-6-10-25(23)45(41)61/h3-18,20-21,54-57H,19H2,1-2H3,(H,52,62)(H,53,63). The van der Waals surface area contributed by atoms with Gasteiger partial charge in [0, 0.05) is 51.3 Å². The topological polar surface area (TPSA) is 209 Å². The van der Waals surface area contributed by atoms with Gasteiger partial charge in [-0.1, -0.05) is 80.4 Å². The summed E-state index contributed by atoms with van der Waals surface area (Å²) >= 11 is 14.1. The number of hydrogen-bond acceptors (Lipinski definition) is 12. The van der Waals surface area contributed by atoms with E-state index in [0.29, 0.717) is 40.4 Å². The number of benzene rings is 6. The molecule has 6 N–H and O–H groups in total. The minimum absolute atomic E-state index is 0.0226. The molecule has 0 aliphatic heterocycles. The van der Waals surface area contributed by atoms with Crippen molar-refractivity contribution in [3.05, 3.63) is 171 Å². The summed E-state index contributed by atoms with van der Waals surface area (Å²) < 4.78 is 13.5. The van der Waals surface area contributed by atoms with Crippen molar-refractivity contribution >= 4 is 122 Å². The van der Waals surface area contributed by atoms with Crippen molar-refractivity contribution in [3.63, 3.8) is 0 Å². The first-order chi connectivity index (χ1) is 31.0. The number of hydrogen-bond donors (Lipinski definition) is 6. The number of aromatic hydroxyl groups is 2. The summed E-state index contributed by atoms with van der Waals surface area (Å²) in [4.78, 5) is 79.8. The van der Waals surface area contributed by atoms with Crippen LogP contribution in [0.4, 0.5) is 32.3 Å². The van der Waals surface area contributed by atoms with Crippen LogP contribution in [0.5, 0.6) is 11.5 Å². The molecule has 6 aromatic carbocycles. The SMILES string of the molecule is CC(OC(=O)NCNC(=O)OC(C)c1cc(Nc2ccc(O)c3c2C(=O)c2ccccc2C3=O)c(Br)cc1Br)c1cc(Nc2ccc(O)c3c2C(=O)c2ccccc2C3=O)c(Br)cc1Br. The Hall–Kier alpha value is -6.34. The van der Waals surface area contributed by atoms with Crippen LogP contribution in [0.1, 0.15) is 101 Å². The molecule has 0 aromatic heterocycles. The molecule has 0 spiro atoms. The lowest BCUT2D eigenvalue weighted by molar-refractivity contribution is 0.0977. The highest BCUT2D eigenvalue weighted by atomic mass is 79.9. The zero-order chi connectivity index (χ0) is 46.4. The van der Waals surface area contributed by atoms with Crippen LogP contribution >= 0.6 is 63.7 Å². The largest absolute Gasteiger partial charge is 0.507 e. The molecule has 2 aliphatic rings. The molecular formula is C47H32Br4N4O10. The number of phenolic OH excluding ortho intramolecular Hbond substituents is 2. The lowest BCUT2D eigenvalue weighted by atomic mass is 9.82. The molecule has 2 unspecified atom stereocenters. The van der Waals surface area contributed by atoms with Crippen molar-refractivity contribution in [2.24, 2.45) is 0 Å². The minimum atomic E-state index is -0.864. The van der Waals surface area contributed by atoms with Gasteiger partial charge in [0.2, 0.25) is 0 Å². The van der Waals surface area contributed by atoms with Gasteiger partial charge in [-0.05, 0) is 94.2 Å². The molecule has 0 fully saturated rings. The van der Waals surface area contributed by atoms with E-state index in [4.69, 9.17) is 9.47 Å². The summed E-state index contributed by atoms with van der Waals surface area (Å²) in [7, 11) is 0. The second-order valence-electron chi connectivity index (χ2n) is 14.8. The molecule has 0 saturated carbocycles. The van der Waals surface area contributed by atoms with Crippen molar-refractivity contribution < 1.29 is 48.5 Å². The molecule has 18 heteroatoms. The van der Waals surface area contributed by atoms with Gasteiger partial charge in [-0.25, -0.2) is 9.59 Å². The molecule has 0 bridgehead atoms. The van der Waals surface area contributed by atoms with E-state index >= 15 is 0 Å². The summed E-state index contributed by atoms with van der Waals surface area (Å²) in [5.41, 5.74) is 3.20. The number of alkyl carbamates (subject to hydrolysis) is 2. The quantitative estimate of drug-likeness (QED) is 0.0558. The van der Waals surface area contributed by atoms with Gasteiger partial charge in [-0.3, -0.25) is 19.2 Å². The van der Waals surface area contributed by atoms with Gasteiger partial charge in [0.15, 0.2) is 23.1 Å². The number of phenols is 2. The molecular weight excluding hydrogens is 1100 g/mol. The van der Waals surface area contributed by atoms with Crippen LogP contribution in [0, 0.1) is 0 Å². The second-order valence-corrected chi connectivity index (χ2v) is 18.2.